The van der Waals surface area contributed by atoms with Crippen LogP contribution in [0.4, 0.5) is 0 Å². The van der Waals surface area contributed by atoms with Crippen LogP contribution in [0.3, 0.4) is 0 Å². The molecule has 0 aliphatic carbocycles. The molecule has 1 aliphatic heterocycles. The molecular weight excluding hydrogens is 306 g/mol. The number of aryl methyl sites for hydroxylation is 1. The fraction of sp³-hybridized carbons (Fsp3) is 0.583. The van der Waals surface area contributed by atoms with Gasteiger partial charge in [0.1, 0.15) is 17.2 Å². The third kappa shape index (κ3) is 3.53. The maximum absolute atomic E-state index is 12.0. The van der Waals surface area contributed by atoms with Crippen molar-refractivity contribution in [1.29, 1.82) is 0 Å². The highest BCUT2D eigenvalue weighted by atomic mass is 35.7. The zero-order valence-electron chi connectivity index (χ0n) is 11.0. The molecule has 1 aromatic rings. The molecule has 0 amide bonds. The molecule has 1 atom stereocenters. The van der Waals surface area contributed by atoms with Gasteiger partial charge in [-0.25, -0.2) is 13.2 Å². The fourth-order valence-electron chi connectivity index (χ4n) is 2.07. The Kier molecular flexibility index (Phi) is 4.72. The zero-order chi connectivity index (χ0) is 14.8. The van der Waals surface area contributed by atoms with Crippen molar-refractivity contribution in [3.63, 3.8) is 0 Å². The van der Waals surface area contributed by atoms with Gasteiger partial charge < -0.3 is 14.0 Å². The van der Waals surface area contributed by atoms with Gasteiger partial charge in [0.25, 0.3) is 9.05 Å². The minimum atomic E-state index is -3.86. The lowest BCUT2D eigenvalue weighted by atomic mass is 10.2. The number of rotatable bonds is 5. The number of aromatic nitrogens is 1. The van der Waals surface area contributed by atoms with Gasteiger partial charge in [0.05, 0.1) is 6.10 Å². The lowest BCUT2D eigenvalue weighted by molar-refractivity contribution is 0.0152. The molecule has 0 saturated carbocycles. The van der Waals surface area contributed by atoms with E-state index in [9.17, 15) is 13.2 Å². The third-order valence-corrected chi connectivity index (χ3v) is 4.45. The first kappa shape index (κ1) is 15.3. The molecule has 8 heteroatoms. The second-order valence-corrected chi connectivity index (χ2v) is 7.08. The summed E-state index contributed by atoms with van der Waals surface area (Å²) in [5.74, 6) is -0.575. The van der Waals surface area contributed by atoms with E-state index >= 15 is 0 Å². The molecule has 0 radical (unpaired) electrons. The smallest absolute Gasteiger partial charge is 0.355 e. The Bertz CT molecular complexity index is 589. The number of halogens is 1. The number of nitrogens with zero attached hydrogens (tertiary/aromatic N) is 1. The van der Waals surface area contributed by atoms with Crippen LogP contribution in [0.2, 0.25) is 0 Å². The molecular formula is C12H16ClNO5S. The summed E-state index contributed by atoms with van der Waals surface area (Å²) in [5, 5.41) is 0. The average Bonchev–Trinajstić information content (AvgIpc) is 3.03. The summed E-state index contributed by atoms with van der Waals surface area (Å²) in [4.78, 5) is 11.9. The highest BCUT2D eigenvalue weighted by Crippen LogP contribution is 2.20. The molecule has 0 bridgehead atoms. The minimum absolute atomic E-state index is 0.0692. The minimum Gasteiger partial charge on any atom is -0.458 e. The number of esters is 1. The molecule has 0 aromatic carbocycles. The Balaban J connectivity index is 2.10. The van der Waals surface area contributed by atoms with Gasteiger partial charge in [-0.05, 0) is 25.8 Å². The molecule has 1 aromatic heterocycles. The number of carbonyl (C=O) groups is 1. The first-order chi connectivity index (χ1) is 9.41. The topological polar surface area (TPSA) is 74.6 Å². The van der Waals surface area contributed by atoms with Crippen LogP contribution in [0.5, 0.6) is 0 Å². The summed E-state index contributed by atoms with van der Waals surface area (Å²) >= 11 is 0. The predicted molar refractivity (Wildman–Crippen MR) is 72.4 cm³/mol. The molecule has 0 N–H and O–H groups in total. The molecule has 2 rings (SSSR count). The van der Waals surface area contributed by atoms with E-state index in [0.717, 1.165) is 12.8 Å². The van der Waals surface area contributed by atoms with Crippen molar-refractivity contribution in [3.05, 3.63) is 18.0 Å². The fourth-order valence-corrected chi connectivity index (χ4v) is 2.83. The van der Waals surface area contributed by atoms with E-state index < -0.39 is 15.0 Å². The van der Waals surface area contributed by atoms with Crippen molar-refractivity contribution in [1.82, 2.24) is 4.57 Å². The van der Waals surface area contributed by atoms with Crippen LogP contribution in [-0.4, -0.2) is 38.3 Å². The summed E-state index contributed by atoms with van der Waals surface area (Å²) in [7, 11) is 1.41. The van der Waals surface area contributed by atoms with Crippen LogP contribution in [0.1, 0.15) is 30.3 Å². The summed E-state index contributed by atoms with van der Waals surface area (Å²) in [6.45, 7) is 3.09. The number of hydrogen-bond donors (Lipinski definition) is 0. The molecule has 1 fully saturated rings. The monoisotopic (exact) mass is 321 g/mol. The molecule has 112 valence electrons. The van der Waals surface area contributed by atoms with Crippen molar-refractivity contribution in [2.45, 2.75) is 37.3 Å². The first-order valence-corrected chi connectivity index (χ1v) is 8.66. The molecule has 1 saturated heterocycles. The predicted octanol–water partition coefficient (Wildman–Crippen LogP) is 1.77. The Morgan fingerprint density at radius 1 is 1.60 bits per heavy atom. The van der Waals surface area contributed by atoms with Crippen molar-refractivity contribution >= 4 is 25.7 Å². The van der Waals surface area contributed by atoms with Crippen molar-refractivity contribution in [2.75, 3.05) is 13.2 Å². The maximum atomic E-state index is 12.0. The molecule has 6 nitrogen and oxygen atoms in total. The van der Waals surface area contributed by atoms with Crippen molar-refractivity contribution in [2.24, 2.45) is 0 Å². The Morgan fingerprint density at radius 2 is 2.35 bits per heavy atom. The second-order valence-electron chi connectivity index (χ2n) is 4.52. The summed E-state index contributed by atoms with van der Waals surface area (Å²) in [6, 6.07) is 1.23. The number of ether oxygens (including phenoxy) is 2. The van der Waals surface area contributed by atoms with E-state index in [2.05, 4.69) is 0 Å². The van der Waals surface area contributed by atoms with E-state index in [1.165, 1.54) is 16.8 Å². The normalized spacial score (nSPS) is 19.2. The van der Waals surface area contributed by atoms with E-state index in [4.69, 9.17) is 20.2 Å². The first-order valence-electron chi connectivity index (χ1n) is 6.35. The SMILES string of the molecule is CCn1cc(S(=O)(=O)Cl)cc1C(=O)OCC1CCCO1. The maximum Gasteiger partial charge on any atom is 0.355 e. The van der Waals surface area contributed by atoms with Crippen molar-refractivity contribution < 1.29 is 22.7 Å². The quantitative estimate of drug-likeness (QED) is 0.610. The summed E-state index contributed by atoms with van der Waals surface area (Å²) in [6.07, 6.45) is 3.08. The van der Waals surface area contributed by atoms with E-state index in [1.807, 2.05) is 0 Å². The van der Waals surface area contributed by atoms with Gasteiger partial charge in [0.2, 0.25) is 0 Å². The van der Waals surface area contributed by atoms with Gasteiger partial charge in [-0.2, -0.15) is 0 Å². The molecule has 2 heterocycles. The molecule has 20 heavy (non-hydrogen) atoms. The third-order valence-electron chi connectivity index (χ3n) is 3.13. The molecule has 1 unspecified atom stereocenters. The Morgan fingerprint density at radius 3 is 2.90 bits per heavy atom. The summed E-state index contributed by atoms with van der Waals surface area (Å²) in [5.41, 5.74) is 0.171. The number of hydrogen-bond acceptors (Lipinski definition) is 5. The van der Waals surface area contributed by atoms with Crippen LogP contribution in [-0.2, 0) is 25.1 Å². The largest absolute Gasteiger partial charge is 0.458 e. The average molecular weight is 322 g/mol. The number of carbonyl (C=O) groups excluding carboxylic acids is 1. The van der Waals surface area contributed by atoms with Gasteiger partial charge in [0.15, 0.2) is 0 Å². The van der Waals surface area contributed by atoms with Gasteiger partial charge in [-0.15, -0.1) is 0 Å². The van der Waals surface area contributed by atoms with Gasteiger partial charge in [0, 0.05) is 30.0 Å². The molecule has 0 spiro atoms. The highest BCUT2D eigenvalue weighted by molar-refractivity contribution is 8.13. The Hall–Kier alpha value is -1.05. The zero-order valence-corrected chi connectivity index (χ0v) is 12.6. The van der Waals surface area contributed by atoms with E-state index in [0.29, 0.717) is 13.2 Å². The highest BCUT2D eigenvalue weighted by Gasteiger charge is 2.22. The van der Waals surface area contributed by atoms with Crippen LogP contribution in [0.15, 0.2) is 17.2 Å². The van der Waals surface area contributed by atoms with E-state index in [1.54, 1.807) is 6.92 Å². The van der Waals surface area contributed by atoms with Crippen LogP contribution in [0.25, 0.3) is 0 Å². The Labute approximate surface area is 122 Å². The lowest BCUT2D eigenvalue weighted by Crippen LogP contribution is -2.19. The van der Waals surface area contributed by atoms with Gasteiger partial charge in [-0.3, -0.25) is 0 Å². The standard InChI is InChI=1S/C12H16ClNO5S/c1-2-14-7-10(20(13,16)17)6-11(14)12(15)19-8-9-4-3-5-18-9/h6-7,9H,2-5,8H2,1H3. The van der Waals surface area contributed by atoms with Crippen LogP contribution in [0, 0.1) is 0 Å². The van der Waals surface area contributed by atoms with Gasteiger partial charge in [-0.1, -0.05) is 0 Å². The van der Waals surface area contributed by atoms with Gasteiger partial charge >= 0.3 is 5.97 Å². The second kappa shape index (κ2) is 6.15. The lowest BCUT2D eigenvalue weighted by Gasteiger charge is -2.11. The van der Waals surface area contributed by atoms with E-state index in [-0.39, 0.29) is 23.3 Å². The van der Waals surface area contributed by atoms with Crippen LogP contribution >= 0.6 is 10.7 Å². The summed E-state index contributed by atoms with van der Waals surface area (Å²) < 4.78 is 34.6. The van der Waals surface area contributed by atoms with Crippen LogP contribution < -0.4 is 0 Å². The van der Waals surface area contributed by atoms with Crippen molar-refractivity contribution in [3.8, 4) is 0 Å². The molecule has 1 aliphatic rings.